The summed E-state index contributed by atoms with van der Waals surface area (Å²) in [5.74, 6) is 0.348. The molecule has 0 saturated carbocycles. The lowest BCUT2D eigenvalue weighted by atomic mass is 10.1. The van der Waals surface area contributed by atoms with Crippen molar-refractivity contribution in [1.82, 2.24) is 24.7 Å². The summed E-state index contributed by atoms with van der Waals surface area (Å²) in [4.78, 5) is 8.68. The van der Waals surface area contributed by atoms with E-state index in [0.717, 1.165) is 22.4 Å². The standard InChI is InChI=1S/C23H23N5O4S/c1-15-19(11-21(27-26-15)20-12-24-23(32-3)25-22(20)31-2)17-9-10-28(14-17)13-16-5-7-18(8-6-16)33(4,29)30/h5-12,14H,13H2,1-4H3. The number of rotatable bonds is 7. The van der Waals surface area contributed by atoms with Crippen molar-refractivity contribution in [3.63, 3.8) is 0 Å². The largest absolute Gasteiger partial charge is 0.480 e. The van der Waals surface area contributed by atoms with Gasteiger partial charge in [0.2, 0.25) is 5.88 Å². The Kier molecular flexibility index (Phi) is 6.10. The van der Waals surface area contributed by atoms with E-state index in [0.29, 0.717) is 28.6 Å². The van der Waals surface area contributed by atoms with Gasteiger partial charge in [0.25, 0.3) is 0 Å². The fourth-order valence-electron chi connectivity index (χ4n) is 3.41. The number of methoxy groups -OCH3 is 2. The first-order valence-corrected chi connectivity index (χ1v) is 11.9. The lowest BCUT2D eigenvalue weighted by Crippen LogP contribution is -2.01. The number of benzene rings is 1. The first kappa shape index (κ1) is 22.4. The fraction of sp³-hybridized carbons (Fsp3) is 0.217. The average Bonchev–Trinajstić information content (AvgIpc) is 3.27. The molecule has 3 heterocycles. The van der Waals surface area contributed by atoms with Crippen LogP contribution >= 0.6 is 0 Å². The van der Waals surface area contributed by atoms with E-state index in [-0.39, 0.29) is 6.01 Å². The molecule has 0 spiro atoms. The molecule has 0 saturated heterocycles. The number of aromatic nitrogens is 5. The van der Waals surface area contributed by atoms with Gasteiger partial charge in [0.15, 0.2) is 9.84 Å². The maximum atomic E-state index is 11.7. The Labute approximate surface area is 192 Å². The Morgan fingerprint density at radius 1 is 1.00 bits per heavy atom. The van der Waals surface area contributed by atoms with Crippen molar-refractivity contribution in [2.45, 2.75) is 18.4 Å². The maximum absolute atomic E-state index is 11.7. The molecular weight excluding hydrogens is 442 g/mol. The number of ether oxygens (including phenoxy) is 2. The summed E-state index contributed by atoms with van der Waals surface area (Å²) in [6, 6.07) is 11.0. The molecule has 0 aliphatic heterocycles. The van der Waals surface area contributed by atoms with Crippen LogP contribution in [-0.2, 0) is 16.4 Å². The zero-order chi connectivity index (χ0) is 23.6. The third-order valence-electron chi connectivity index (χ3n) is 5.14. The molecule has 0 atom stereocenters. The summed E-state index contributed by atoms with van der Waals surface area (Å²) in [6.07, 6.45) is 6.78. The van der Waals surface area contributed by atoms with Crippen LogP contribution in [0.1, 0.15) is 11.3 Å². The van der Waals surface area contributed by atoms with Crippen molar-refractivity contribution in [2.75, 3.05) is 20.5 Å². The van der Waals surface area contributed by atoms with Crippen LogP contribution in [0.2, 0.25) is 0 Å². The van der Waals surface area contributed by atoms with Crippen LogP contribution in [0, 0.1) is 6.92 Å². The molecule has 1 aromatic carbocycles. The maximum Gasteiger partial charge on any atom is 0.319 e. The minimum absolute atomic E-state index is 0.206. The van der Waals surface area contributed by atoms with Gasteiger partial charge in [-0.1, -0.05) is 12.1 Å². The Morgan fingerprint density at radius 3 is 2.42 bits per heavy atom. The van der Waals surface area contributed by atoms with Crippen molar-refractivity contribution < 1.29 is 17.9 Å². The third-order valence-corrected chi connectivity index (χ3v) is 6.27. The quantitative estimate of drug-likeness (QED) is 0.409. The highest BCUT2D eigenvalue weighted by Crippen LogP contribution is 2.31. The van der Waals surface area contributed by atoms with E-state index in [9.17, 15) is 8.42 Å². The monoisotopic (exact) mass is 465 g/mol. The summed E-state index contributed by atoms with van der Waals surface area (Å²) in [6.45, 7) is 2.50. The molecule has 0 fully saturated rings. The zero-order valence-corrected chi connectivity index (χ0v) is 19.5. The van der Waals surface area contributed by atoms with Gasteiger partial charge in [-0.3, -0.25) is 0 Å². The Hall–Kier alpha value is -3.79. The van der Waals surface area contributed by atoms with Gasteiger partial charge < -0.3 is 14.0 Å². The minimum Gasteiger partial charge on any atom is -0.480 e. The van der Waals surface area contributed by atoms with Gasteiger partial charge in [-0.05, 0) is 36.8 Å². The van der Waals surface area contributed by atoms with Crippen molar-refractivity contribution in [3.05, 3.63) is 66.2 Å². The highest BCUT2D eigenvalue weighted by atomic mass is 32.2. The fourth-order valence-corrected chi connectivity index (χ4v) is 4.04. The highest BCUT2D eigenvalue weighted by Gasteiger charge is 2.15. The van der Waals surface area contributed by atoms with Crippen molar-refractivity contribution in [3.8, 4) is 34.3 Å². The SMILES string of the molecule is COc1ncc(-c2cc(-c3ccn(Cc4ccc(S(C)(=O)=O)cc4)c3)c(C)nn2)c(OC)n1. The average molecular weight is 466 g/mol. The molecular formula is C23H23N5O4S. The van der Waals surface area contributed by atoms with Gasteiger partial charge in [-0.15, -0.1) is 5.10 Å². The predicted octanol–water partition coefficient (Wildman–Crippen LogP) is 3.18. The molecule has 0 bridgehead atoms. The number of nitrogens with zero attached hydrogens (tertiary/aromatic N) is 5. The Balaban J connectivity index is 1.62. The van der Waals surface area contributed by atoms with Gasteiger partial charge >= 0.3 is 6.01 Å². The van der Waals surface area contributed by atoms with Crippen LogP contribution in [0.25, 0.3) is 22.4 Å². The molecule has 33 heavy (non-hydrogen) atoms. The smallest absolute Gasteiger partial charge is 0.319 e. The second kappa shape index (κ2) is 8.99. The highest BCUT2D eigenvalue weighted by molar-refractivity contribution is 7.90. The predicted molar refractivity (Wildman–Crippen MR) is 123 cm³/mol. The first-order chi connectivity index (χ1) is 15.8. The van der Waals surface area contributed by atoms with E-state index in [1.54, 1.807) is 18.3 Å². The topological polar surface area (TPSA) is 109 Å². The minimum atomic E-state index is -3.21. The third kappa shape index (κ3) is 4.85. The molecule has 4 rings (SSSR count). The van der Waals surface area contributed by atoms with Crippen molar-refractivity contribution in [1.29, 1.82) is 0 Å². The second-order valence-electron chi connectivity index (χ2n) is 7.50. The molecule has 9 nitrogen and oxygen atoms in total. The molecule has 0 radical (unpaired) electrons. The van der Waals surface area contributed by atoms with Crippen molar-refractivity contribution in [2.24, 2.45) is 0 Å². The summed E-state index contributed by atoms with van der Waals surface area (Å²) in [5, 5.41) is 8.61. The van der Waals surface area contributed by atoms with Crippen LogP contribution in [0.5, 0.6) is 11.9 Å². The normalized spacial score (nSPS) is 11.4. The number of hydrogen-bond acceptors (Lipinski definition) is 8. The van der Waals surface area contributed by atoms with E-state index >= 15 is 0 Å². The van der Waals surface area contributed by atoms with E-state index in [2.05, 4.69) is 20.2 Å². The number of hydrogen-bond donors (Lipinski definition) is 0. The molecule has 0 aliphatic carbocycles. The van der Waals surface area contributed by atoms with Crippen LogP contribution in [0.15, 0.2) is 59.9 Å². The Bertz CT molecular complexity index is 1400. The van der Waals surface area contributed by atoms with Gasteiger partial charge in [0.1, 0.15) is 5.69 Å². The van der Waals surface area contributed by atoms with Gasteiger partial charge in [0, 0.05) is 42.5 Å². The second-order valence-corrected chi connectivity index (χ2v) is 9.51. The summed E-state index contributed by atoms with van der Waals surface area (Å²) in [7, 11) is -0.196. The molecule has 3 aromatic heterocycles. The van der Waals surface area contributed by atoms with E-state index in [1.807, 2.05) is 48.1 Å². The van der Waals surface area contributed by atoms with Crippen LogP contribution in [0.3, 0.4) is 0 Å². The molecule has 0 amide bonds. The Morgan fingerprint density at radius 2 is 1.76 bits per heavy atom. The molecule has 0 N–H and O–H groups in total. The summed E-state index contributed by atoms with van der Waals surface area (Å²) in [5.41, 5.74) is 4.86. The number of aryl methyl sites for hydroxylation is 1. The van der Waals surface area contributed by atoms with Crippen molar-refractivity contribution >= 4 is 9.84 Å². The van der Waals surface area contributed by atoms with Crippen LogP contribution in [-0.4, -0.2) is 53.6 Å². The summed E-state index contributed by atoms with van der Waals surface area (Å²) < 4.78 is 35.8. The molecule has 170 valence electrons. The lowest BCUT2D eigenvalue weighted by molar-refractivity contribution is 0.353. The van der Waals surface area contributed by atoms with E-state index in [4.69, 9.17) is 9.47 Å². The van der Waals surface area contributed by atoms with Crippen LogP contribution in [0.4, 0.5) is 0 Å². The zero-order valence-electron chi connectivity index (χ0n) is 18.7. The number of sulfone groups is 1. The van der Waals surface area contributed by atoms with E-state index < -0.39 is 9.84 Å². The summed E-state index contributed by atoms with van der Waals surface area (Å²) >= 11 is 0. The van der Waals surface area contributed by atoms with Gasteiger partial charge in [-0.2, -0.15) is 10.1 Å². The first-order valence-electron chi connectivity index (χ1n) is 10.0. The van der Waals surface area contributed by atoms with E-state index in [1.165, 1.54) is 20.5 Å². The van der Waals surface area contributed by atoms with Gasteiger partial charge in [0.05, 0.1) is 30.4 Å². The van der Waals surface area contributed by atoms with Gasteiger partial charge in [-0.25, -0.2) is 13.4 Å². The van der Waals surface area contributed by atoms with Crippen LogP contribution < -0.4 is 9.47 Å². The lowest BCUT2D eigenvalue weighted by Gasteiger charge is -2.09. The molecule has 4 aromatic rings. The molecule has 10 heteroatoms. The molecule has 0 aliphatic rings. The molecule has 0 unspecified atom stereocenters.